The van der Waals surface area contributed by atoms with Gasteiger partial charge in [-0.15, -0.1) is 0 Å². The van der Waals surface area contributed by atoms with Crippen LogP contribution in [0, 0.1) is 6.92 Å². The number of phenolic OH excluding ortho intramolecular Hbond substituents is 1. The van der Waals surface area contributed by atoms with Crippen molar-refractivity contribution in [3.05, 3.63) is 47.5 Å². The molecule has 3 N–H and O–H groups in total. The van der Waals surface area contributed by atoms with Crippen molar-refractivity contribution in [2.24, 2.45) is 0 Å². The third-order valence-electron chi connectivity index (χ3n) is 2.37. The second-order valence-electron chi connectivity index (χ2n) is 3.74. The summed E-state index contributed by atoms with van der Waals surface area (Å²) < 4.78 is 0. The largest absolute Gasteiger partial charge is 0.507 e. The molecule has 5 heteroatoms. The van der Waals surface area contributed by atoms with Gasteiger partial charge < -0.3 is 15.4 Å². The normalized spacial score (nSPS) is 10.2. The van der Waals surface area contributed by atoms with E-state index in [1.807, 2.05) is 6.92 Å². The van der Waals surface area contributed by atoms with Gasteiger partial charge in [-0.1, -0.05) is 6.07 Å². The molecule has 0 bridgehead atoms. The number of aryl methyl sites for hydroxylation is 1. The molecule has 0 radical (unpaired) electrons. The number of benzene rings is 1. The number of nitrogens with one attached hydrogen (secondary N) is 2. The third kappa shape index (κ3) is 2.63. The maximum Gasteiger partial charge on any atom is 0.255 e. The number of phenols is 1. The van der Waals surface area contributed by atoms with Crippen molar-refractivity contribution in [2.45, 2.75) is 13.5 Å². The van der Waals surface area contributed by atoms with Crippen LogP contribution in [0.2, 0.25) is 0 Å². The molecule has 5 nitrogen and oxygen atoms in total. The Balaban J connectivity index is 2.04. The van der Waals surface area contributed by atoms with Crippen LogP contribution in [0.4, 0.5) is 0 Å². The lowest BCUT2D eigenvalue weighted by Gasteiger charge is -2.06. The lowest BCUT2D eigenvalue weighted by atomic mass is 10.1. The minimum absolute atomic E-state index is 0.0121. The smallest absolute Gasteiger partial charge is 0.255 e. The number of hydrogen-bond acceptors (Lipinski definition) is 3. The van der Waals surface area contributed by atoms with Gasteiger partial charge in [-0.05, 0) is 24.6 Å². The third-order valence-corrected chi connectivity index (χ3v) is 2.37. The summed E-state index contributed by atoms with van der Waals surface area (Å²) in [6.07, 6.45) is 3.30. The van der Waals surface area contributed by atoms with E-state index in [-0.39, 0.29) is 17.2 Å². The molecule has 88 valence electrons. The summed E-state index contributed by atoms with van der Waals surface area (Å²) in [5, 5.41) is 12.3. The highest BCUT2D eigenvalue weighted by Gasteiger charge is 2.10. The van der Waals surface area contributed by atoms with E-state index in [4.69, 9.17) is 0 Å². The standard InChI is InChI=1S/C12H13N3O2/c1-8-2-3-9(10(16)6-8)12(17)15-7-11-13-4-5-14-11/h2-6,16H,7H2,1H3,(H,13,14)(H,15,17). The Bertz CT molecular complexity index is 521. The molecule has 0 aliphatic carbocycles. The van der Waals surface area contributed by atoms with E-state index in [9.17, 15) is 9.90 Å². The van der Waals surface area contributed by atoms with Crippen molar-refractivity contribution in [3.8, 4) is 5.75 Å². The van der Waals surface area contributed by atoms with Crippen LogP contribution in [0.3, 0.4) is 0 Å². The molecule has 0 atom stereocenters. The van der Waals surface area contributed by atoms with Gasteiger partial charge in [0.25, 0.3) is 5.91 Å². The molecule has 1 aromatic heterocycles. The molecule has 2 aromatic rings. The molecule has 1 aromatic carbocycles. The topological polar surface area (TPSA) is 78.0 Å². The number of aromatic amines is 1. The molecule has 17 heavy (non-hydrogen) atoms. The number of aromatic nitrogens is 2. The minimum atomic E-state index is -0.320. The average molecular weight is 231 g/mol. The molecule has 0 fully saturated rings. The first kappa shape index (κ1) is 11.2. The summed E-state index contributed by atoms with van der Waals surface area (Å²) in [4.78, 5) is 18.6. The number of amides is 1. The van der Waals surface area contributed by atoms with Crippen LogP contribution >= 0.6 is 0 Å². The lowest BCUT2D eigenvalue weighted by molar-refractivity contribution is 0.0947. The van der Waals surface area contributed by atoms with Crippen LogP contribution in [-0.2, 0) is 6.54 Å². The number of rotatable bonds is 3. The zero-order chi connectivity index (χ0) is 12.3. The van der Waals surface area contributed by atoms with Crippen LogP contribution in [0.5, 0.6) is 5.75 Å². The SMILES string of the molecule is Cc1ccc(C(=O)NCc2ncc[nH]2)c(O)c1. The van der Waals surface area contributed by atoms with Crippen LogP contribution in [-0.4, -0.2) is 21.0 Å². The van der Waals surface area contributed by atoms with Gasteiger partial charge >= 0.3 is 0 Å². The van der Waals surface area contributed by atoms with Gasteiger partial charge in [0, 0.05) is 12.4 Å². The lowest BCUT2D eigenvalue weighted by Crippen LogP contribution is -2.23. The number of carbonyl (C=O) groups excluding carboxylic acids is 1. The second kappa shape index (κ2) is 4.69. The van der Waals surface area contributed by atoms with Crippen LogP contribution < -0.4 is 5.32 Å². The first-order valence-electron chi connectivity index (χ1n) is 5.23. The maximum atomic E-state index is 11.8. The van der Waals surface area contributed by atoms with Crippen molar-refractivity contribution < 1.29 is 9.90 Å². The molecule has 0 aliphatic rings. The predicted molar refractivity (Wildman–Crippen MR) is 62.6 cm³/mol. The van der Waals surface area contributed by atoms with Crippen LogP contribution in [0.15, 0.2) is 30.6 Å². The Morgan fingerprint density at radius 2 is 2.35 bits per heavy atom. The molecule has 0 saturated carbocycles. The van der Waals surface area contributed by atoms with Gasteiger partial charge in [0.05, 0.1) is 12.1 Å². The van der Waals surface area contributed by atoms with E-state index in [1.165, 1.54) is 0 Å². The van der Waals surface area contributed by atoms with Crippen molar-refractivity contribution >= 4 is 5.91 Å². The minimum Gasteiger partial charge on any atom is -0.507 e. The zero-order valence-electron chi connectivity index (χ0n) is 9.40. The zero-order valence-corrected chi connectivity index (χ0v) is 9.40. The number of nitrogens with zero attached hydrogens (tertiary/aromatic N) is 1. The molecule has 0 aliphatic heterocycles. The van der Waals surface area contributed by atoms with E-state index < -0.39 is 0 Å². The molecule has 0 unspecified atom stereocenters. The highest BCUT2D eigenvalue weighted by atomic mass is 16.3. The van der Waals surface area contributed by atoms with E-state index in [0.717, 1.165) is 5.56 Å². The quantitative estimate of drug-likeness (QED) is 0.746. The van der Waals surface area contributed by atoms with Crippen molar-refractivity contribution in [3.63, 3.8) is 0 Å². The summed E-state index contributed by atoms with van der Waals surface area (Å²) in [6, 6.07) is 4.94. The van der Waals surface area contributed by atoms with Gasteiger partial charge in [-0.2, -0.15) is 0 Å². The molecule has 1 heterocycles. The van der Waals surface area contributed by atoms with Gasteiger partial charge in [-0.25, -0.2) is 4.98 Å². The fraction of sp³-hybridized carbons (Fsp3) is 0.167. The summed E-state index contributed by atoms with van der Waals surface area (Å²) in [7, 11) is 0. The molecular weight excluding hydrogens is 218 g/mol. The van der Waals surface area contributed by atoms with Gasteiger partial charge in [0.1, 0.15) is 11.6 Å². The monoisotopic (exact) mass is 231 g/mol. The Kier molecular flexibility index (Phi) is 3.09. The highest BCUT2D eigenvalue weighted by Crippen LogP contribution is 2.18. The van der Waals surface area contributed by atoms with Crippen LogP contribution in [0.25, 0.3) is 0 Å². The molecule has 2 rings (SSSR count). The second-order valence-corrected chi connectivity index (χ2v) is 3.74. The molecular formula is C12H13N3O2. The number of aromatic hydroxyl groups is 1. The predicted octanol–water partition coefficient (Wildman–Crippen LogP) is 1.35. The summed E-state index contributed by atoms with van der Waals surface area (Å²) >= 11 is 0. The Labute approximate surface area is 98.5 Å². The van der Waals surface area contributed by atoms with Gasteiger partial charge in [-0.3, -0.25) is 4.79 Å². The molecule has 0 spiro atoms. The van der Waals surface area contributed by atoms with E-state index in [2.05, 4.69) is 15.3 Å². The van der Waals surface area contributed by atoms with Gasteiger partial charge in [0.15, 0.2) is 0 Å². The molecule has 1 amide bonds. The first-order chi connectivity index (χ1) is 8.16. The Hall–Kier alpha value is -2.30. The molecule has 0 saturated heterocycles. The van der Waals surface area contributed by atoms with E-state index in [0.29, 0.717) is 12.4 Å². The number of hydrogen-bond donors (Lipinski definition) is 3. The Morgan fingerprint density at radius 1 is 1.53 bits per heavy atom. The first-order valence-corrected chi connectivity index (χ1v) is 5.23. The van der Waals surface area contributed by atoms with E-state index in [1.54, 1.807) is 30.6 Å². The summed E-state index contributed by atoms with van der Waals surface area (Å²) in [6.45, 7) is 2.16. The average Bonchev–Trinajstić information content (AvgIpc) is 2.78. The maximum absolute atomic E-state index is 11.8. The number of carbonyl (C=O) groups is 1. The summed E-state index contributed by atoms with van der Waals surface area (Å²) in [5.41, 5.74) is 1.17. The number of H-pyrrole nitrogens is 1. The van der Waals surface area contributed by atoms with Crippen molar-refractivity contribution in [2.75, 3.05) is 0 Å². The van der Waals surface area contributed by atoms with Crippen molar-refractivity contribution in [1.29, 1.82) is 0 Å². The number of imidazole rings is 1. The fourth-order valence-corrected chi connectivity index (χ4v) is 1.49. The van der Waals surface area contributed by atoms with Gasteiger partial charge in [0.2, 0.25) is 0 Å². The van der Waals surface area contributed by atoms with E-state index >= 15 is 0 Å². The van der Waals surface area contributed by atoms with Crippen LogP contribution in [0.1, 0.15) is 21.7 Å². The summed E-state index contributed by atoms with van der Waals surface area (Å²) in [5.74, 6) is 0.339. The fourth-order valence-electron chi connectivity index (χ4n) is 1.49. The van der Waals surface area contributed by atoms with Crippen molar-refractivity contribution in [1.82, 2.24) is 15.3 Å². The highest BCUT2D eigenvalue weighted by molar-refractivity contribution is 5.96. The Morgan fingerprint density at radius 3 is 3.00 bits per heavy atom.